The molecule has 0 aliphatic rings. The summed E-state index contributed by atoms with van der Waals surface area (Å²) in [7, 11) is 0. The second kappa shape index (κ2) is 10.1. The van der Waals surface area contributed by atoms with Crippen LogP contribution in [0.1, 0.15) is 33.0 Å². The lowest BCUT2D eigenvalue weighted by molar-refractivity contribution is -0.148. The Morgan fingerprint density at radius 1 is 1.15 bits per heavy atom. The SMILES string of the molecule is CC(C)(C)OC(=O)NCCC(=O)OCC(=O)NC(=O)NCc1ccco1. The molecule has 0 bridgehead atoms. The maximum atomic E-state index is 11.5. The van der Waals surface area contributed by atoms with Gasteiger partial charge in [-0.3, -0.25) is 14.9 Å². The van der Waals surface area contributed by atoms with Gasteiger partial charge in [-0.1, -0.05) is 0 Å². The quantitative estimate of drug-likeness (QED) is 0.611. The highest BCUT2D eigenvalue weighted by atomic mass is 16.6. The molecule has 3 N–H and O–H groups in total. The summed E-state index contributed by atoms with van der Waals surface area (Å²) in [6.07, 6.45) is 0.658. The third-order valence-corrected chi connectivity index (χ3v) is 2.62. The van der Waals surface area contributed by atoms with Crippen LogP contribution in [0.15, 0.2) is 22.8 Å². The summed E-state index contributed by atoms with van der Waals surface area (Å²) in [5.41, 5.74) is -0.639. The van der Waals surface area contributed by atoms with Gasteiger partial charge in [-0.05, 0) is 32.9 Å². The number of urea groups is 1. The molecule has 0 unspecified atom stereocenters. The number of carbonyl (C=O) groups is 4. The first-order valence-electron chi connectivity index (χ1n) is 7.88. The van der Waals surface area contributed by atoms with Gasteiger partial charge in [0.15, 0.2) is 6.61 Å². The molecule has 1 rings (SSSR count). The Morgan fingerprint density at radius 2 is 1.88 bits per heavy atom. The van der Waals surface area contributed by atoms with Crippen molar-refractivity contribution in [1.82, 2.24) is 16.0 Å². The number of rotatable bonds is 7. The molecule has 1 heterocycles. The van der Waals surface area contributed by atoms with Gasteiger partial charge < -0.3 is 24.5 Å². The Balaban J connectivity index is 2.12. The number of amides is 4. The van der Waals surface area contributed by atoms with Gasteiger partial charge in [0.1, 0.15) is 11.4 Å². The summed E-state index contributed by atoms with van der Waals surface area (Å²) in [5, 5.41) is 6.79. The van der Waals surface area contributed by atoms with E-state index in [0.717, 1.165) is 0 Å². The maximum absolute atomic E-state index is 11.5. The highest BCUT2D eigenvalue weighted by molar-refractivity contribution is 5.95. The van der Waals surface area contributed by atoms with Gasteiger partial charge in [-0.15, -0.1) is 0 Å². The van der Waals surface area contributed by atoms with E-state index < -0.39 is 36.2 Å². The van der Waals surface area contributed by atoms with E-state index in [0.29, 0.717) is 5.76 Å². The van der Waals surface area contributed by atoms with Crippen molar-refractivity contribution in [3.63, 3.8) is 0 Å². The van der Waals surface area contributed by atoms with Crippen LogP contribution in [0.3, 0.4) is 0 Å². The van der Waals surface area contributed by atoms with Crippen molar-refractivity contribution in [2.45, 2.75) is 39.3 Å². The van der Waals surface area contributed by atoms with Crippen LogP contribution in [-0.4, -0.2) is 42.8 Å². The van der Waals surface area contributed by atoms with Gasteiger partial charge in [0.2, 0.25) is 0 Å². The smallest absolute Gasteiger partial charge is 0.407 e. The minimum atomic E-state index is -0.782. The Kier molecular flexibility index (Phi) is 8.13. The van der Waals surface area contributed by atoms with Gasteiger partial charge in [-0.25, -0.2) is 9.59 Å². The van der Waals surface area contributed by atoms with E-state index in [4.69, 9.17) is 13.9 Å². The van der Waals surface area contributed by atoms with Crippen molar-refractivity contribution in [3.05, 3.63) is 24.2 Å². The van der Waals surface area contributed by atoms with E-state index in [-0.39, 0.29) is 19.5 Å². The van der Waals surface area contributed by atoms with Gasteiger partial charge in [-0.2, -0.15) is 0 Å². The first-order chi connectivity index (χ1) is 12.2. The van der Waals surface area contributed by atoms with Crippen LogP contribution in [0.4, 0.5) is 9.59 Å². The van der Waals surface area contributed by atoms with Crippen molar-refractivity contribution in [2.75, 3.05) is 13.2 Å². The maximum Gasteiger partial charge on any atom is 0.407 e. The highest BCUT2D eigenvalue weighted by Gasteiger charge is 2.16. The Hall–Kier alpha value is -3.04. The van der Waals surface area contributed by atoms with Crippen LogP contribution in [0.2, 0.25) is 0 Å². The number of carbonyl (C=O) groups excluding carboxylic acids is 4. The normalized spacial score (nSPS) is 10.6. The summed E-state index contributed by atoms with van der Waals surface area (Å²) >= 11 is 0. The van der Waals surface area contributed by atoms with Crippen LogP contribution in [0, 0.1) is 0 Å². The second-order valence-corrected chi connectivity index (χ2v) is 6.15. The Bertz CT molecular complexity index is 620. The molecular formula is C16H23N3O7. The molecule has 0 spiro atoms. The summed E-state index contributed by atoms with van der Waals surface area (Å²) in [6.45, 7) is 4.64. The number of nitrogens with one attached hydrogen (secondary N) is 3. The first kappa shape index (κ1) is 21.0. The molecule has 4 amide bonds. The summed E-state index contributed by atoms with van der Waals surface area (Å²) in [5.74, 6) is -0.959. The third kappa shape index (κ3) is 9.96. The molecule has 10 nitrogen and oxygen atoms in total. The number of ether oxygens (including phenoxy) is 2. The molecule has 0 saturated heterocycles. The molecule has 1 aromatic rings. The van der Waals surface area contributed by atoms with Crippen LogP contribution < -0.4 is 16.0 Å². The molecule has 0 aliphatic heterocycles. The highest BCUT2D eigenvalue weighted by Crippen LogP contribution is 2.06. The van der Waals surface area contributed by atoms with E-state index in [1.165, 1.54) is 6.26 Å². The molecular weight excluding hydrogens is 346 g/mol. The van der Waals surface area contributed by atoms with Crippen molar-refractivity contribution < 1.29 is 33.1 Å². The Morgan fingerprint density at radius 3 is 2.50 bits per heavy atom. The molecule has 0 aliphatic carbocycles. The van der Waals surface area contributed by atoms with Crippen LogP contribution in [0.25, 0.3) is 0 Å². The monoisotopic (exact) mass is 369 g/mol. The molecule has 144 valence electrons. The molecule has 1 aromatic heterocycles. The van der Waals surface area contributed by atoms with Crippen LogP contribution >= 0.6 is 0 Å². The summed E-state index contributed by atoms with van der Waals surface area (Å²) in [4.78, 5) is 45.8. The molecule has 10 heteroatoms. The predicted octanol–water partition coefficient (Wildman–Crippen LogP) is 1.06. The molecule has 0 fully saturated rings. The van der Waals surface area contributed by atoms with Gasteiger partial charge in [0.25, 0.3) is 5.91 Å². The molecule has 0 saturated carbocycles. The fourth-order valence-electron chi connectivity index (χ4n) is 1.59. The minimum absolute atomic E-state index is 0.000993. The number of esters is 1. The number of hydrogen-bond donors (Lipinski definition) is 3. The minimum Gasteiger partial charge on any atom is -0.467 e. The van der Waals surface area contributed by atoms with Crippen LogP contribution in [0.5, 0.6) is 0 Å². The van der Waals surface area contributed by atoms with E-state index in [1.54, 1.807) is 32.9 Å². The molecule has 0 atom stereocenters. The zero-order chi connectivity index (χ0) is 19.6. The summed E-state index contributed by atoms with van der Waals surface area (Å²) < 4.78 is 14.7. The van der Waals surface area contributed by atoms with E-state index >= 15 is 0 Å². The van der Waals surface area contributed by atoms with E-state index in [9.17, 15) is 19.2 Å². The van der Waals surface area contributed by atoms with Crippen molar-refractivity contribution >= 4 is 24.0 Å². The van der Waals surface area contributed by atoms with Gasteiger partial charge >= 0.3 is 18.1 Å². The van der Waals surface area contributed by atoms with Crippen molar-refractivity contribution in [3.8, 4) is 0 Å². The Labute approximate surface area is 150 Å². The average Bonchev–Trinajstić information content (AvgIpc) is 3.02. The zero-order valence-electron chi connectivity index (χ0n) is 14.9. The predicted molar refractivity (Wildman–Crippen MR) is 88.9 cm³/mol. The number of alkyl carbamates (subject to hydrolysis) is 1. The molecule has 0 radical (unpaired) electrons. The van der Waals surface area contributed by atoms with Gasteiger partial charge in [0.05, 0.1) is 19.2 Å². The first-order valence-corrected chi connectivity index (χ1v) is 7.88. The van der Waals surface area contributed by atoms with Crippen molar-refractivity contribution in [1.29, 1.82) is 0 Å². The topological polar surface area (TPSA) is 136 Å². The van der Waals surface area contributed by atoms with E-state index in [2.05, 4.69) is 10.6 Å². The second-order valence-electron chi connectivity index (χ2n) is 6.15. The third-order valence-electron chi connectivity index (χ3n) is 2.62. The van der Waals surface area contributed by atoms with Gasteiger partial charge in [0, 0.05) is 6.54 Å². The fourth-order valence-corrected chi connectivity index (χ4v) is 1.59. The fraction of sp³-hybridized carbons (Fsp3) is 0.500. The molecule has 26 heavy (non-hydrogen) atoms. The number of furan rings is 1. The number of hydrogen-bond acceptors (Lipinski definition) is 7. The molecule has 0 aromatic carbocycles. The lowest BCUT2D eigenvalue weighted by atomic mass is 10.2. The van der Waals surface area contributed by atoms with E-state index in [1.807, 2.05) is 5.32 Å². The number of imide groups is 1. The largest absolute Gasteiger partial charge is 0.467 e. The van der Waals surface area contributed by atoms with Crippen molar-refractivity contribution in [2.24, 2.45) is 0 Å². The lowest BCUT2D eigenvalue weighted by Gasteiger charge is -2.19. The zero-order valence-corrected chi connectivity index (χ0v) is 14.9. The van der Waals surface area contributed by atoms with Crippen LogP contribution in [-0.2, 0) is 25.6 Å². The average molecular weight is 369 g/mol. The lowest BCUT2D eigenvalue weighted by Crippen LogP contribution is -2.41. The summed E-state index contributed by atoms with van der Waals surface area (Å²) in [6, 6.07) is 2.58. The standard InChI is InChI=1S/C16H23N3O7/c1-16(2,3)26-15(23)17-7-6-13(21)25-10-12(20)19-14(22)18-9-11-5-4-8-24-11/h4-5,8H,6-7,9-10H2,1-3H3,(H,17,23)(H2,18,19,20,22).